The number of hydrogen-bond acceptors (Lipinski definition) is 17. The summed E-state index contributed by atoms with van der Waals surface area (Å²) < 4.78 is 210. The summed E-state index contributed by atoms with van der Waals surface area (Å²) in [5.41, 5.74) is -1.79. The molecular formula is C45H40N10O23S6. The van der Waals surface area contributed by atoms with Gasteiger partial charge in [0.2, 0.25) is 0 Å². The van der Waals surface area contributed by atoms with Crippen LogP contribution in [0, 0.1) is 0 Å². The third-order valence-corrected chi connectivity index (χ3v) is 17.3. The first kappa shape index (κ1) is 61.2. The van der Waals surface area contributed by atoms with Gasteiger partial charge in [0.25, 0.3) is 84.3 Å². The molecule has 0 saturated carbocycles. The van der Waals surface area contributed by atoms with Gasteiger partial charge < -0.3 is 39.5 Å². The predicted octanol–water partition coefficient (Wildman–Crippen LogP) is 3.48. The van der Waals surface area contributed by atoms with Gasteiger partial charge in [-0.2, -0.15) is 50.5 Å². The van der Waals surface area contributed by atoms with Crippen LogP contribution in [0.15, 0.2) is 127 Å². The summed E-state index contributed by atoms with van der Waals surface area (Å²) in [5, 5.41) is 12.3. The predicted molar refractivity (Wildman–Crippen MR) is 293 cm³/mol. The molecule has 444 valence electrons. The summed E-state index contributed by atoms with van der Waals surface area (Å²) in [5.74, 6) is -3.66. The van der Waals surface area contributed by atoms with Crippen LogP contribution in [0.4, 0.5) is 39.4 Å². The van der Waals surface area contributed by atoms with Crippen LogP contribution in [0.2, 0.25) is 0 Å². The Bertz CT molecular complexity index is 4640. The molecule has 0 saturated heterocycles. The molecule has 4 aromatic heterocycles. The molecule has 0 aliphatic rings. The third kappa shape index (κ3) is 13.0. The lowest BCUT2D eigenvalue weighted by molar-refractivity contribution is 0.101. The Hall–Kier alpha value is -8.87. The number of nitrogens with one attached hydrogen (secondary N) is 6. The summed E-state index contributed by atoms with van der Waals surface area (Å²) in [7, 11) is -25.7. The number of benzene rings is 4. The lowest BCUT2D eigenvalue weighted by Crippen LogP contribution is -2.22. The summed E-state index contributed by atoms with van der Waals surface area (Å²) in [6, 6.07) is 8.32. The molecule has 0 atom stereocenters. The molecule has 0 unspecified atom stereocenters. The Morgan fingerprint density at radius 1 is 0.310 bits per heavy atom. The van der Waals surface area contributed by atoms with Crippen LogP contribution in [-0.2, 0) is 88.9 Å². The fraction of sp³-hybridized carbons (Fsp3) is 0.0889. The fourth-order valence-electron chi connectivity index (χ4n) is 8.27. The van der Waals surface area contributed by atoms with E-state index in [4.69, 9.17) is 0 Å². The second-order valence-corrected chi connectivity index (χ2v) is 26.6. The molecular weight excluding hydrogens is 1240 g/mol. The lowest BCUT2D eigenvalue weighted by Gasteiger charge is -2.14. The monoisotopic (exact) mass is 1280 g/mol. The van der Waals surface area contributed by atoms with E-state index >= 15 is 0 Å². The van der Waals surface area contributed by atoms with Crippen molar-refractivity contribution in [3.63, 3.8) is 0 Å². The zero-order valence-corrected chi connectivity index (χ0v) is 47.5. The van der Waals surface area contributed by atoms with Gasteiger partial charge in [0.05, 0.1) is 53.2 Å². The van der Waals surface area contributed by atoms with Crippen LogP contribution >= 0.6 is 0 Å². The summed E-state index contributed by atoms with van der Waals surface area (Å²) in [6.07, 6.45) is 4.99. The smallest absolute Gasteiger partial charge is 0.325 e. The van der Waals surface area contributed by atoms with Crippen molar-refractivity contribution in [2.24, 2.45) is 28.2 Å². The lowest BCUT2D eigenvalue weighted by atomic mass is 10.1. The van der Waals surface area contributed by atoms with Crippen molar-refractivity contribution in [3.8, 4) is 0 Å². The Kier molecular flexibility index (Phi) is 15.6. The molecule has 39 heteroatoms. The van der Waals surface area contributed by atoms with Crippen LogP contribution < -0.4 is 31.9 Å². The standard InChI is InChI=1S/C45H40N10O23S6/c1-52-17-21(41(56)46-33-13-25(79(61,62)63)11-31-29(33)9-27(81(67,68)69)15-35(31)83(73,74)75)5-37(52)48-43(58)23-7-39(54(3)19-23)50-45(60)51-40-8-24(20-55(40)4)44(59)49-38-6-22(18-53(38)2)42(57)47-34-14-26(80(64,65)66)12-32-30(34)10-28(82(70,71)72)16-36(32)84(76,77)78/h5-20H,1-4H3,(H,46,56)(H,47,57)(H,48,58)(H,49,59)(H2,50,51,60)(H,61,62,63)(H,64,65,66)(H,67,68,69)(H,70,71,72)(H,73,74,75)(H,76,77,78). The van der Waals surface area contributed by atoms with Gasteiger partial charge in [0, 0.05) is 74.5 Å². The Labute approximate surface area is 473 Å². The van der Waals surface area contributed by atoms with Crippen molar-refractivity contribution in [2.75, 3.05) is 31.9 Å². The van der Waals surface area contributed by atoms with Crippen LogP contribution in [0.5, 0.6) is 0 Å². The zero-order valence-electron chi connectivity index (χ0n) is 42.6. The molecule has 4 heterocycles. The van der Waals surface area contributed by atoms with E-state index in [0.717, 1.165) is 12.1 Å². The molecule has 12 N–H and O–H groups in total. The van der Waals surface area contributed by atoms with E-state index in [1.807, 2.05) is 0 Å². The minimum absolute atomic E-state index is 0.0277. The number of fused-ring (bicyclic) bond motifs is 2. The van der Waals surface area contributed by atoms with Crippen molar-refractivity contribution >= 4 is 147 Å². The van der Waals surface area contributed by atoms with E-state index in [9.17, 15) is 102 Å². The average molecular weight is 1280 g/mol. The number of urea groups is 1. The molecule has 4 aromatic carbocycles. The van der Waals surface area contributed by atoms with Crippen molar-refractivity contribution < 1.29 is 102 Å². The van der Waals surface area contributed by atoms with Gasteiger partial charge in [-0.25, -0.2) is 4.79 Å². The zero-order chi connectivity index (χ0) is 62.3. The minimum atomic E-state index is -5.35. The topological polar surface area (TPSA) is 503 Å². The number of nitrogens with zero attached hydrogens (tertiary/aromatic N) is 4. The highest BCUT2D eigenvalue weighted by atomic mass is 32.2. The average Bonchev–Trinajstić information content (AvgIpc) is 2.17. The van der Waals surface area contributed by atoms with Crippen LogP contribution in [0.3, 0.4) is 0 Å². The molecule has 8 rings (SSSR count). The highest BCUT2D eigenvalue weighted by Crippen LogP contribution is 2.37. The van der Waals surface area contributed by atoms with Crippen LogP contribution in [0.25, 0.3) is 21.5 Å². The normalized spacial score (nSPS) is 12.5. The van der Waals surface area contributed by atoms with Gasteiger partial charge in [-0.05, 0) is 72.8 Å². The van der Waals surface area contributed by atoms with Gasteiger partial charge in [-0.15, -0.1) is 0 Å². The summed E-state index contributed by atoms with van der Waals surface area (Å²) in [6.45, 7) is 0. The largest absolute Gasteiger partial charge is 0.337 e. The number of carbonyl (C=O) groups excluding carboxylic acids is 5. The van der Waals surface area contributed by atoms with E-state index in [-0.39, 0.29) is 45.5 Å². The molecule has 8 aromatic rings. The molecule has 0 aliphatic carbocycles. The number of hydrogen-bond donors (Lipinski definition) is 12. The first-order valence-corrected chi connectivity index (χ1v) is 31.3. The molecule has 0 aliphatic heterocycles. The summed E-state index contributed by atoms with van der Waals surface area (Å²) in [4.78, 5) is 60.8. The van der Waals surface area contributed by atoms with E-state index in [1.165, 1.54) is 83.4 Å². The van der Waals surface area contributed by atoms with E-state index in [2.05, 4.69) is 31.9 Å². The first-order chi connectivity index (χ1) is 38.6. The minimum Gasteiger partial charge on any atom is -0.337 e. The second kappa shape index (κ2) is 21.4. The first-order valence-electron chi connectivity index (χ1n) is 22.6. The number of aryl methyl sites for hydroxylation is 4. The van der Waals surface area contributed by atoms with Crippen LogP contribution in [0.1, 0.15) is 41.4 Å². The number of rotatable bonds is 16. The fourth-order valence-corrected chi connectivity index (χ4v) is 12.0. The molecule has 0 radical (unpaired) electrons. The maximum absolute atomic E-state index is 13.6. The molecule has 0 spiro atoms. The van der Waals surface area contributed by atoms with Crippen molar-refractivity contribution in [2.45, 2.75) is 29.4 Å². The SMILES string of the molecule is Cn1cc(C(=O)Nc2cc(C(=O)Nc3cc(S(=O)(=O)O)cc4c(S(=O)(=O)O)cc(S(=O)(=O)O)cc34)cn2C)cc1NC(=O)Nc1cc(C(=O)Nc2cc(C(=O)Nc3cc(S(=O)(=O)O)cc4c(S(=O)(=O)O)cc(S(=O)(=O)O)cc34)cn2C)cn1C. The van der Waals surface area contributed by atoms with E-state index < -0.39 is 153 Å². The van der Waals surface area contributed by atoms with Gasteiger partial charge >= 0.3 is 6.03 Å². The Morgan fingerprint density at radius 2 is 0.548 bits per heavy atom. The number of aromatic nitrogens is 4. The summed E-state index contributed by atoms with van der Waals surface area (Å²) >= 11 is 0. The van der Waals surface area contributed by atoms with Crippen molar-refractivity contribution in [1.29, 1.82) is 0 Å². The van der Waals surface area contributed by atoms with Crippen molar-refractivity contribution in [3.05, 3.63) is 120 Å². The maximum Gasteiger partial charge on any atom is 0.325 e. The Morgan fingerprint density at radius 3 is 0.810 bits per heavy atom. The van der Waals surface area contributed by atoms with E-state index in [0.29, 0.717) is 48.5 Å². The molecule has 0 fully saturated rings. The van der Waals surface area contributed by atoms with Crippen molar-refractivity contribution in [1.82, 2.24) is 18.3 Å². The highest BCUT2D eigenvalue weighted by Gasteiger charge is 2.29. The third-order valence-electron chi connectivity index (χ3n) is 12.2. The Balaban J connectivity index is 0.934. The highest BCUT2D eigenvalue weighted by molar-refractivity contribution is 7.87. The van der Waals surface area contributed by atoms with Gasteiger partial charge in [0.15, 0.2) is 0 Å². The number of amides is 6. The second-order valence-electron chi connectivity index (χ2n) is 18.1. The quantitative estimate of drug-likeness (QED) is 0.0616. The maximum atomic E-state index is 13.6. The molecule has 33 nitrogen and oxygen atoms in total. The molecule has 0 bridgehead atoms. The number of anilines is 6. The molecule has 84 heavy (non-hydrogen) atoms. The van der Waals surface area contributed by atoms with Gasteiger partial charge in [-0.3, -0.25) is 57.1 Å². The van der Waals surface area contributed by atoms with Gasteiger partial charge in [0.1, 0.15) is 33.1 Å². The van der Waals surface area contributed by atoms with Crippen LogP contribution in [-0.4, -0.2) is 126 Å². The van der Waals surface area contributed by atoms with E-state index in [1.54, 1.807) is 0 Å². The van der Waals surface area contributed by atoms with Gasteiger partial charge in [-0.1, -0.05) is 0 Å². The molecule has 6 amide bonds. The number of carbonyl (C=O) groups is 5.